The smallest absolute Gasteiger partial charge is 0.427 e. The van der Waals surface area contributed by atoms with Crippen molar-refractivity contribution in [3.63, 3.8) is 0 Å². The van der Waals surface area contributed by atoms with Crippen LogP contribution in [0.1, 0.15) is 5.56 Å². The first-order valence-corrected chi connectivity index (χ1v) is 6.35. The summed E-state index contributed by atoms with van der Waals surface area (Å²) in [5, 5.41) is 18.8. The van der Waals surface area contributed by atoms with Crippen LogP contribution in [0, 0.1) is 37.3 Å². The molecule has 5 radical (unpaired) electrons. The maximum Gasteiger partial charge on any atom is 0.460 e. The second-order valence-corrected chi connectivity index (χ2v) is 5.25. The fourth-order valence-electron chi connectivity index (χ4n) is 1.59. The molecule has 0 spiro atoms. The first-order chi connectivity index (χ1) is 8.09. The first-order valence-electron chi connectivity index (χ1n) is 5.20. The van der Waals surface area contributed by atoms with Gasteiger partial charge in [0.05, 0.1) is 16.0 Å². The fourth-order valence-corrected chi connectivity index (χ4v) is 2.82. The molecule has 1 atom stereocenters. The highest BCUT2D eigenvalue weighted by atomic mass is 32.2. The van der Waals surface area contributed by atoms with Gasteiger partial charge in [-0.25, -0.2) is 0 Å². The zero-order valence-corrected chi connectivity index (χ0v) is 10.1. The lowest BCUT2D eigenvalue weighted by atomic mass is 9.71. The molecular formula is C12H12BO3S. The summed E-state index contributed by atoms with van der Waals surface area (Å²) in [5.41, 5.74) is 1.09. The highest BCUT2D eigenvalue weighted by Gasteiger charge is 2.41. The van der Waals surface area contributed by atoms with E-state index in [-0.39, 0.29) is 0 Å². The molecule has 1 aromatic carbocycles. The van der Waals surface area contributed by atoms with E-state index < -0.39 is 17.9 Å². The van der Waals surface area contributed by atoms with Gasteiger partial charge in [-0.1, -0.05) is 17.7 Å². The Morgan fingerprint density at radius 3 is 2.35 bits per heavy atom. The van der Waals surface area contributed by atoms with Crippen LogP contribution in [0.5, 0.6) is 0 Å². The van der Waals surface area contributed by atoms with Crippen LogP contribution in [-0.4, -0.2) is 21.4 Å². The van der Waals surface area contributed by atoms with Gasteiger partial charge in [0.25, 0.3) is 0 Å². The molecule has 2 rings (SSSR count). The molecule has 0 heterocycles. The maximum absolute atomic E-state index is 12.2. The highest BCUT2D eigenvalue weighted by Crippen LogP contribution is 2.38. The third-order valence-electron chi connectivity index (χ3n) is 2.52. The predicted molar refractivity (Wildman–Crippen MR) is 67.2 cm³/mol. The predicted octanol–water partition coefficient (Wildman–Crippen LogP) is 0.848. The Morgan fingerprint density at radius 1 is 1.12 bits per heavy atom. The van der Waals surface area contributed by atoms with Crippen molar-refractivity contribution in [1.82, 2.24) is 0 Å². The summed E-state index contributed by atoms with van der Waals surface area (Å²) in [5.74, 6) is 0.295. The lowest BCUT2D eigenvalue weighted by Gasteiger charge is -2.16. The standard InChI is InChI=1S/C12H12BO3S/c1-9-5-7-10(8-6-9)17(16)12-4-2-3-11(12)13(14)15/h2-8,14-15H,1H3/t17-/m1/s1. The van der Waals surface area contributed by atoms with E-state index in [1.807, 2.05) is 19.1 Å². The van der Waals surface area contributed by atoms with Crippen LogP contribution in [0.4, 0.5) is 0 Å². The van der Waals surface area contributed by atoms with Crippen molar-refractivity contribution in [3.05, 3.63) is 60.2 Å². The number of aryl methyl sites for hydroxylation is 1. The molecule has 1 aromatic rings. The average Bonchev–Trinajstić information content (AvgIpc) is 2.78. The van der Waals surface area contributed by atoms with E-state index in [9.17, 15) is 4.21 Å². The molecule has 1 aliphatic carbocycles. The summed E-state index contributed by atoms with van der Waals surface area (Å²) in [4.78, 5) is 0.656. The number of hydrogen-bond donors (Lipinski definition) is 2. The van der Waals surface area contributed by atoms with Gasteiger partial charge in [-0.15, -0.1) is 0 Å². The van der Waals surface area contributed by atoms with Gasteiger partial charge in [-0.2, -0.15) is 0 Å². The lowest BCUT2D eigenvalue weighted by Crippen LogP contribution is -2.27. The van der Waals surface area contributed by atoms with Gasteiger partial charge in [-0.05, 0) is 38.3 Å². The van der Waals surface area contributed by atoms with Crippen molar-refractivity contribution in [2.75, 3.05) is 0 Å². The Morgan fingerprint density at radius 2 is 1.76 bits per heavy atom. The zero-order chi connectivity index (χ0) is 12.4. The molecule has 0 unspecified atom stereocenters. The van der Waals surface area contributed by atoms with E-state index in [1.54, 1.807) is 31.4 Å². The van der Waals surface area contributed by atoms with Crippen molar-refractivity contribution in [1.29, 1.82) is 0 Å². The molecule has 1 fully saturated rings. The van der Waals surface area contributed by atoms with Crippen LogP contribution < -0.4 is 0 Å². The van der Waals surface area contributed by atoms with Gasteiger partial charge >= 0.3 is 7.12 Å². The molecule has 2 N–H and O–H groups in total. The van der Waals surface area contributed by atoms with Crippen LogP contribution in [0.25, 0.3) is 0 Å². The lowest BCUT2D eigenvalue weighted by molar-refractivity contribution is 0.412. The second kappa shape index (κ2) is 5.33. The fraction of sp³-hybridized carbons (Fsp3) is 0.0833. The molecule has 0 aromatic heterocycles. The van der Waals surface area contributed by atoms with Crippen molar-refractivity contribution in [2.45, 2.75) is 11.8 Å². The molecular weight excluding hydrogens is 235 g/mol. The maximum atomic E-state index is 12.2. The quantitative estimate of drug-likeness (QED) is 0.778. The van der Waals surface area contributed by atoms with Crippen molar-refractivity contribution < 1.29 is 14.3 Å². The number of benzene rings is 1. The van der Waals surface area contributed by atoms with Crippen LogP contribution >= 0.6 is 0 Å². The summed E-state index contributed by atoms with van der Waals surface area (Å²) in [6, 6.07) is 7.33. The molecule has 0 aliphatic heterocycles. The monoisotopic (exact) mass is 247 g/mol. The second-order valence-electron chi connectivity index (χ2n) is 3.80. The van der Waals surface area contributed by atoms with E-state index in [0.717, 1.165) is 5.56 Å². The molecule has 0 saturated heterocycles. The van der Waals surface area contributed by atoms with Crippen LogP contribution in [0.2, 0.25) is 0 Å². The molecule has 1 aliphatic rings. The molecule has 0 bridgehead atoms. The Labute approximate surface area is 104 Å². The number of hydrogen-bond acceptors (Lipinski definition) is 3. The van der Waals surface area contributed by atoms with Gasteiger partial charge in [0, 0.05) is 10.7 Å². The largest absolute Gasteiger partial charge is 0.460 e. The van der Waals surface area contributed by atoms with Crippen molar-refractivity contribution in [2.24, 2.45) is 0 Å². The van der Waals surface area contributed by atoms with Gasteiger partial charge < -0.3 is 10.0 Å². The molecule has 17 heavy (non-hydrogen) atoms. The topological polar surface area (TPSA) is 57.5 Å². The van der Waals surface area contributed by atoms with Crippen LogP contribution in [0.3, 0.4) is 0 Å². The Bertz CT molecular complexity index is 405. The minimum absolute atomic E-state index is 0.295. The molecule has 5 heteroatoms. The number of rotatable bonds is 3. The van der Waals surface area contributed by atoms with Gasteiger partial charge in [-0.3, -0.25) is 4.21 Å². The Kier molecular flexibility index (Phi) is 4.02. The molecule has 87 valence electrons. The molecule has 1 saturated carbocycles. The molecule has 3 nitrogen and oxygen atoms in total. The summed E-state index contributed by atoms with van der Waals surface area (Å²) < 4.78 is 12.2. The SMILES string of the molecule is Cc1ccc([S@@](=O)[C]2[CH][CH][CH][C]2B(O)O)cc1. The zero-order valence-electron chi connectivity index (χ0n) is 9.33. The van der Waals surface area contributed by atoms with E-state index in [0.29, 0.717) is 16.0 Å². The van der Waals surface area contributed by atoms with Crippen LogP contribution in [0.15, 0.2) is 29.2 Å². The van der Waals surface area contributed by atoms with E-state index >= 15 is 0 Å². The summed E-state index contributed by atoms with van der Waals surface area (Å²) in [7, 11) is -2.96. The van der Waals surface area contributed by atoms with Crippen molar-refractivity contribution in [3.8, 4) is 0 Å². The normalized spacial score (nSPS) is 19.5. The van der Waals surface area contributed by atoms with E-state index in [4.69, 9.17) is 10.0 Å². The van der Waals surface area contributed by atoms with Crippen molar-refractivity contribution >= 4 is 17.9 Å². The summed E-state index contributed by atoms with van der Waals surface area (Å²) >= 11 is 0. The van der Waals surface area contributed by atoms with E-state index in [2.05, 4.69) is 0 Å². The Hall–Kier alpha value is -0.645. The summed E-state index contributed by atoms with van der Waals surface area (Å²) in [6.07, 6.45) is 4.87. The molecule has 0 amide bonds. The third-order valence-corrected chi connectivity index (χ3v) is 3.99. The minimum Gasteiger partial charge on any atom is -0.427 e. The average molecular weight is 247 g/mol. The van der Waals surface area contributed by atoms with Gasteiger partial charge in [0.15, 0.2) is 0 Å². The first kappa shape index (κ1) is 12.8. The van der Waals surface area contributed by atoms with Gasteiger partial charge in [0.2, 0.25) is 0 Å². The highest BCUT2D eigenvalue weighted by molar-refractivity contribution is 7.88. The van der Waals surface area contributed by atoms with Gasteiger partial charge in [0.1, 0.15) is 0 Å². The van der Waals surface area contributed by atoms with E-state index in [1.165, 1.54) is 0 Å². The third kappa shape index (κ3) is 2.79. The summed E-state index contributed by atoms with van der Waals surface area (Å²) in [6.45, 7) is 1.96. The Balaban J connectivity index is 2.17. The minimum atomic E-state index is -1.59. The van der Waals surface area contributed by atoms with Crippen LogP contribution in [-0.2, 0) is 10.8 Å².